The zero-order valence-electron chi connectivity index (χ0n) is 19.7. The molecule has 10 heteroatoms. The van der Waals surface area contributed by atoms with Gasteiger partial charge in [0.05, 0.1) is 12.0 Å². The summed E-state index contributed by atoms with van der Waals surface area (Å²) < 4.78 is 15.9. The van der Waals surface area contributed by atoms with Crippen LogP contribution in [0.4, 0.5) is 4.79 Å². The van der Waals surface area contributed by atoms with Crippen LogP contribution in [0.2, 0.25) is 0 Å². The van der Waals surface area contributed by atoms with Crippen LogP contribution in [0, 0.1) is 0 Å². The summed E-state index contributed by atoms with van der Waals surface area (Å²) in [6.07, 6.45) is -0.0820. The average molecular weight is 469 g/mol. The molecule has 178 valence electrons. The number of benzene rings is 1. The number of rotatable bonds is 8. The van der Waals surface area contributed by atoms with E-state index in [1.807, 2.05) is 0 Å². The predicted molar refractivity (Wildman–Crippen MR) is 121 cm³/mol. The molecular formula is C22H32N2O7S. The van der Waals surface area contributed by atoms with Crippen LogP contribution in [0.5, 0.6) is 5.75 Å². The van der Waals surface area contributed by atoms with E-state index < -0.39 is 40.6 Å². The van der Waals surface area contributed by atoms with Crippen LogP contribution < -0.4 is 15.4 Å². The highest BCUT2D eigenvalue weighted by atomic mass is 32.2. The lowest BCUT2D eigenvalue weighted by atomic mass is 10.2. The SMILES string of the molecule is COc1cc(C=O)ccc1SC(NC(=O)[C@@H](C)NC(=O)OC(C)(C)C)C(=O)OC(C)(C)C. The standard InChI is InChI=1S/C22H32N2O7S/c1-13(23-20(28)31-22(5,6)7)17(26)24-18(19(27)30-21(2,3)4)32-16-10-9-14(12-25)11-15(16)29-8/h9-13,18H,1-8H3,(H,23,28)(H,24,26)/t13-,18?/m1/s1. The van der Waals surface area contributed by atoms with Crippen molar-refractivity contribution in [3.05, 3.63) is 23.8 Å². The monoisotopic (exact) mass is 468 g/mol. The van der Waals surface area contributed by atoms with Gasteiger partial charge in [-0.1, -0.05) is 17.8 Å². The van der Waals surface area contributed by atoms with Crippen LogP contribution in [0.15, 0.2) is 23.1 Å². The molecule has 0 aliphatic rings. The number of methoxy groups -OCH3 is 1. The minimum absolute atomic E-state index is 0.363. The molecule has 2 atom stereocenters. The van der Waals surface area contributed by atoms with Crippen LogP contribution in [0.25, 0.3) is 0 Å². The summed E-state index contributed by atoms with van der Waals surface area (Å²) in [6, 6.07) is 3.72. The first kappa shape index (κ1) is 27.3. The van der Waals surface area contributed by atoms with Crippen LogP contribution in [0.3, 0.4) is 0 Å². The minimum Gasteiger partial charge on any atom is -0.496 e. The van der Waals surface area contributed by atoms with Crippen LogP contribution in [-0.4, -0.2) is 54.0 Å². The Morgan fingerprint density at radius 3 is 2.09 bits per heavy atom. The Bertz CT molecular complexity index is 844. The fourth-order valence-corrected chi connectivity index (χ4v) is 3.26. The second-order valence-corrected chi connectivity index (χ2v) is 10.1. The molecule has 2 N–H and O–H groups in total. The second-order valence-electron chi connectivity index (χ2n) is 8.94. The number of carbonyl (C=O) groups is 4. The van der Waals surface area contributed by atoms with Gasteiger partial charge in [0.25, 0.3) is 0 Å². The molecule has 0 fully saturated rings. The zero-order chi connectivity index (χ0) is 24.7. The highest BCUT2D eigenvalue weighted by Crippen LogP contribution is 2.33. The lowest BCUT2D eigenvalue weighted by Gasteiger charge is -2.26. The van der Waals surface area contributed by atoms with E-state index in [4.69, 9.17) is 14.2 Å². The number of ether oxygens (including phenoxy) is 3. The van der Waals surface area contributed by atoms with Crippen molar-refractivity contribution in [2.75, 3.05) is 7.11 Å². The number of amides is 2. The summed E-state index contributed by atoms with van der Waals surface area (Å²) >= 11 is 0.991. The molecule has 0 heterocycles. The van der Waals surface area contributed by atoms with Crippen molar-refractivity contribution in [1.29, 1.82) is 0 Å². The van der Waals surface area contributed by atoms with Gasteiger partial charge < -0.3 is 24.8 Å². The van der Waals surface area contributed by atoms with Crippen molar-refractivity contribution >= 4 is 36.0 Å². The van der Waals surface area contributed by atoms with Gasteiger partial charge in [-0.3, -0.25) is 9.59 Å². The van der Waals surface area contributed by atoms with Gasteiger partial charge in [-0.15, -0.1) is 0 Å². The maximum atomic E-state index is 12.8. The third-order valence-corrected chi connectivity index (χ3v) is 4.73. The smallest absolute Gasteiger partial charge is 0.408 e. The van der Waals surface area contributed by atoms with Gasteiger partial charge in [0.1, 0.15) is 29.3 Å². The fraction of sp³-hybridized carbons (Fsp3) is 0.545. The third kappa shape index (κ3) is 9.59. The maximum Gasteiger partial charge on any atom is 0.408 e. The molecule has 1 unspecified atom stereocenters. The van der Waals surface area contributed by atoms with E-state index in [0.717, 1.165) is 11.8 Å². The molecular weight excluding hydrogens is 436 g/mol. The first-order valence-electron chi connectivity index (χ1n) is 9.98. The molecule has 0 saturated carbocycles. The van der Waals surface area contributed by atoms with Gasteiger partial charge in [0.15, 0.2) is 5.37 Å². The summed E-state index contributed by atoms with van der Waals surface area (Å²) in [5.74, 6) is -0.924. The Morgan fingerprint density at radius 1 is 1.00 bits per heavy atom. The summed E-state index contributed by atoms with van der Waals surface area (Å²) in [5, 5.41) is 3.88. The van der Waals surface area contributed by atoms with Crippen LogP contribution in [-0.2, 0) is 19.1 Å². The van der Waals surface area contributed by atoms with E-state index in [1.165, 1.54) is 20.1 Å². The van der Waals surface area contributed by atoms with Crippen LogP contribution >= 0.6 is 11.8 Å². The number of esters is 1. The lowest BCUT2D eigenvalue weighted by molar-refractivity contribution is -0.155. The molecule has 1 aromatic carbocycles. The minimum atomic E-state index is -1.14. The van der Waals surface area contributed by atoms with E-state index in [9.17, 15) is 19.2 Å². The van der Waals surface area contributed by atoms with E-state index >= 15 is 0 Å². The molecule has 0 saturated heterocycles. The molecule has 0 aliphatic heterocycles. The Hall–Kier alpha value is -2.75. The fourth-order valence-electron chi connectivity index (χ4n) is 2.28. The molecule has 0 radical (unpaired) electrons. The van der Waals surface area contributed by atoms with Gasteiger partial charge in [-0.25, -0.2) is 9.59 Å². The van der Waals surface area contributed by atoms with E-state index in [0.29, 0.717) is 22.5 Å². The summed E-state index contributed by atoms with van der Waals surface area (Å²) in [5.41, 5.74) is -1.11. The second kappa shape index (κ2) is 11.2. The molecule has 0 aromatic heterocycles. The summed E-state index contributed by atoms with van der Waals surface area (Å²) in [7, 11) is 1.43. The first-order valence-corrected chi connectivity index (χ1v) is 10.9. The van der Waals surface area contributed by atoms with Crippen LogP contribution in [0.1, 0.15) is 58.8 Å². The van der Waals surface area contributed by atoms with Gasteiger partial charge in [-0.05, 0) is 60.6 Å². The molecule has 9 nitrogen and oxygen atoms in total. The highest BCUT2D eigenvalue weighted by molar-refractivity contribution is 8.00. The van der Waals surface area contributed by atoms with E-state index in [-0.39, 0.29) is 0 Å². The van der Waals surface area contributed by atoms with Crippen molar-refractivity contribution in [3.8, 4) is 5.75 Å². The number of nitrogens with one attached hydrogen (secondary N) is 2. The Labute approximate surface area is 192 Å². The Morgan fingerprint density at radius 2 is 1.59 bits per heavy atom. The topological polar surface area (TPSA) is 120 Å². The van der Waals surface area contributed by atoms with Gasteiger partial charge >= 0.3 is 12.1 Å². The van der Waals surface area contributed by atoms with E-state index in [2.05, 4.69) is 10.6 Å². The van der Waals surface area contributed by atoms with Gasteiger partial charge in [0.2, 0.25) is 5.91 Å². The van der Waals surface area contributed by atoms with Crippen molar-refractivity contribution in [3.63, 3.8) is 0 Å². The van der Waals surface area contributed by atoms with E-state index in [1.54, 1.807) is 53.7 Å². The summed E-state index contributed by atoms with van der Waals surface area (Å²) in [4.78, 5) is 49.0. The van der Waals surface area contributed by atoms with Gasteiger partial charge in [-0.2, -0.15) is 0 Å². The number of carbonyl (C=O) groups excluding carboxylic acids is 4. The predicted octanol–water partition coefficient (Wildman–Crippen LogP) is 3.30. The lowest BCUT2D eigenvalue weighted by Crippen LogP contribution is -2.51. The quantitative estimate of drug-likeness (QED) is 0.258. The summed E-state index contributed by atoms with van der Waals surface area (Å²) in [6.45, 7) is 11.7. The number of hydrogen-bond donors (Lipinski definition) is 2. The molecule has 32 heavy (non-hydrogen) atoms. The molecule has 0 bridgehead atoms. The van der Waals surface area contributed by atoms with Crippen molar-refractivity contribution in [2.45, 2.75) is 76.0 Å². The highest BCUT2D eigenvalue weighted by Gasteiger charge is 2.31. The van der Waals surface area contributed by atoms with Crippen molar-refractivity contribution < 1.29 is 33.4 Å². The average Bonchev–Trinajstić information content (AvgIpc) is 2.64. The van der Waals surface area contributed by atoms with Crippen molar-refractivity contribution in [2.24, 2.45) is 0 Å². The van der Waals surface area contributed by atoms with Gasteiger partial charge in [0, 0.05) is 5.56 Å². The first-order chi connectivity index (χ1) is 14.6. The number of alkyl carbamates (subject to hydrolysis) is 1. The molecule has 1 rings (SSSR count). The Balaban J connectivity index is 3.05. The molecule has 0 aliphatic carbocycles. The third-order valence-electron chi connectivity index (χ3n) is 3.59. The zero-order valence-corrected chi connectivity index (χ0v) is 20.5. The largest absolute Gasteiger partial charge is 0.496 e. The molecule has 2 amide bonds. The Kier molecular flexibility index (Phi) is 9.56. The number of hydrogen-bond acceptors (Lipinski definition) is 8. The maximum absolute atomic E-state index is 12.8. The molecule has 0 spiro atoms. The number of thioether (sulfide) groups is 1. The molecule has 1 aromatic rings. The number of aldehydes is 1. The van der Waals surface area contributed by atoms with Crippen molar-refractivity contribution in [1.82, 2.24) is 10.6 Å². The normalized spacial score (nSPS) is 13.4.